The maximum absolute atomic E-state index is 5.27. The molecule has 1 spiro atoms. The summed E-state index contributed by atoms with van der Waals surface area (Å²) < 4.78 is 2.49. The van der Waals surface area contributed by atoms with Gasteiger partial charge in [0.15, 0.2) is 17.5 Å². The van der Waals surface area contributed by atoms with Gasteiger partial charge in [-0.3, -0.25) is 0 Å². The van der Waals surface area contributed by atoms with Crippen LogP contribution in [0.4, 0.5) is 0 Å². The lowest BCUT2D eigenvalue weighted by atomic mass is 9.66. The van der Waals surface area contributed by atoms with Crippen molar-refractivity contribution in [3.63, 3.8) is 0 Å². The Bertz CT molecular complexity index is 3170. The second-order valence-electron chi connectivity index (χ2n) is 14.7. The van der Waals surface area contributed by atoms with Crippen LogP contribution in [0.3, 0.4) is 0 Å². The van der Waals surface area contributed by atoms with Crippen LogP contribution in [0.2, 0.25) is 0 Å². The van der Waals surface area contributed by atoms with Gasteiger partial charge < -0.3 is 0 Å². The van der Waals surface area contributed by atoms with E-state index in [-0.39, 0.29) is 0 Å². The fraction of sp³-hybridized carbons (Fsp3) is 0.0192. The average Bonchev–Trinajstić information content (AvgIpc) is 3.76. The van der Waals surface area contributed by atoms with Crippen molar-refractivity contribution < 1.29 is 0 Å². The molecule has 10 aromatic rings. The topological polar surface area (TPSA) is 38.7 Å². The molecule has 2 aromatic heterocycles. The van der Waals surface area contributed by atoms with E-state index in [9.17, 15) is 0 Å². The molecule has 2 aliphatic carbocycles. The summed E-state index contributed by atoms with van der Waals surface area (Å²) in [6.07, 6.45) is 0. The van der Waals surface area contributed by atoms with E-state index in [4.69, 9.17) is 15.0 Å². The lowest BCUT2D eigenvalue weighted by Crippen LogP contribution is -2.29. The van der Waals surface area contributed by atoms with E-state index in [2.05, 4.69) is 170 Å². The van der Waals surface area contributed by atoms with Crippen LogP contribution in [-0.2, 0) is 5.41 Å². The maximum atomic E-state index is 5.27. The molecule has 0 amide bonds. The zero-order valence-corrected chi connectivity index (χ0v) is 31.0. The summed E-state index contributed by atoms with van der Waals surface area (Å²) in [6.45, 7) is 0. The molecule has 2 aliphatic rings. The third-order valence-electron chi connectivity index (χ3n) is 11.8. The Morgan fingerprint density at radius 2 is 0.750 bits per heavy atom. The summed E-state index contributed by atoms with van der Waals surface area (Å²) in [4.78, 5) is 15.6. The molecule has 260 valence electrons. The first-order valence-corrected chi connectivity index (χ1v) is 19.8. The van der Waals surface area contributed by atoms with Crippen LogP contribution in [0.1, 0.15) is 22.3 Å². The Balaban J connectivity index is 1.13. The highest BCUT2D eigenvalue weighted by Gasteiger charge is 2.49. The van der Waals surface area contributed by atoms with Gasteiger partial charge in [0.05, 0.1) is 5.41 Å². The third kappa shape index (κ3) is 4.42. The second kappa shape index (κ2) is 12.0. The smallest absolute Gasteiger partial charge is 0.164 e. The third-order valence-corrected chi connectivity index (χ3v) is 12.9. The zero-order valence-electron chi connectivity index (χ0n) is 30.1. The normalized spacial score (nSPS) is 13.1. The quantitative estimate of drug-likeness (QED) is 0.182. The Labute approximate surface area is 328 Å². The number of nitrogens with zero attached hydrogens (tertiary/aromatic N) is 3. The molecular formula is C52H31N3S. The maximum Gasteiger partial charge on any atom is 0.164 e. The van der Waals surface area contributed by atoms with E-state index in [1.165, 1.54) is 75.8 Å². The Morgan fingerprint density at radius 1 is 0.304 bits per heavy atom. The summed E-state index contributed by atoms with van der Waals surface area (Å²) in [5.74, 6) is 1.96. The molecule has 8 aromatic carbocycles. The highest BCUT2D eigenvalue weighted by molar-refractivity contribution is 7.25. The largest absolute Gasteiger partial charge is 0.208 e. The van der Waals surface area contributed by atoms with Crippen LogP contribution in [0.5, 0.6) is 0 Å². The fourth-order valence-electron chi connectivity index (χ4n) is 9.41. The molecule has 0 fully saturated rings. The molecule has 4 heteroatoms. The molecule has 0 saturated heterocycles. The summed E-state index contributed by atoms with van der Waals surface area (Å²) in [7, 11) is 0. The minimum Gasteiger partial charge on any atom is -0.208 e. The van der Waals surface area contributed by atoms with E-state index in [1.807, 2.05) is 18.2 Å². The summed E-state index contributed by atoms with van der Waals surface area (Å²) in [5, 5.41) is 2.53. The van der Waals surface area contributed by atoms with Crippen molar-refractivity contribution in [3.8, 4) is 67.5 Å². The molecular weight excluding hydrogens is 699 g/mol. The SMILES string of the molecule is c1ccc(-c2nc(-c3ccc4c(c3)-c3ccccc3-c3ccccc3C43c4ccccc4-c4ccccc43)nc(-c3ccc4c(c3)sc3ccccc34)n2)cc1. The van der Waals surface area contributed by atoms with Gasteiger partial charge in [-0.2, -0.15) is 0 Å². The van der Waals surface area contributed by atoms with E-state index < -0.39 is 5.41 Å². The van der Waals surface area contributed by atoms with E-state index in [1.54, 1.807) is 11.3 Å². The first-order valence-electron chi connectivity index (χ1n) is 19.0. The van der Waals surface area contributed by atoms with E-state index in [0.29, 0.717) is 17.5 Å². The molecule has 0 saturated carbocycles. The highest BCUT2D eigenvalue weighted by atomic mass is 32.1. The number of hydrogen-bond donors (Lipinski definition) is 0. The van der Waals surface area contributed by atoms with E-state index >= 15 is 0 Å². The van der Waals surface area contributed by atoms with Gasteiger partial charge in [0.2, 0.25) is 0 Å². The van der Waals surface area contributed by atoms with Crippen LogP contribution in [0.15, 0.2) is 188 Å². The number of fused-ring (bicyclic) bond motifs is 15. The minimum atomic E-state index is -0.532. The van der Waals surface area contributed by atoms with Gasteiger partial charge in [-0.1, -0.05) is 170 Å². The predicted molar refractivity (Wildman–Crippen MR) is 231 cm³/mol. The van der Waals surface area contributed by atoms with Crippen LogP contribution in [-0.4, -0.2) is 15.0 Å². The molecule has 0 unspecified atom stereocenters. The molecule has 56 heavy (non-hydrogen) atoms. The predicted octanol–water partition coefficient (Wildman–Crippen LogP) is 13.3. The molecule has 0 bridgehead atoms. The lowest BCUT2D eigenvalue weighted by Gasteiger charge is -2.35. The minimum absolute atomic E-state index is 0.532. The van der Waals surface area contributed by atoms with Crippen molar-refractivity contribution >= 4 is 31.5 Å². The Kier molecular flexibility index (Phi) is 6.72. The van der Waals surface area contributed by atoms with Crippen molar-refractivity contribution in [2.24, 2.45) is 0 Å². The first-order chi connectivity index (χ1) is 27.8. The van der Waals surface area contributed by atoms with Crippen molar-refractivity contribution in [2.45, 2.75) is 5.41 Å². The number of thiophene rings is 1. The van der Waals surface area contributed by atoms with Gasteiger partial charge in [0.1, 0.15) is 0 Å². The molecule has 0 aliphatic heterocycles. The summed E-state index contributed by atoms with van der Waals surface area (Å²) in [5.41, 5.74) is 14.9. The number of hydrogen-bond acceptors (Lipinski definition) is 4. The van der Waals surface area contributed by atoms with Crippen LogP contribution < -0.4 is 0 Å². The Hall–Kier alpha value is -7.01. The molecule has 2 heterocycles. The highest BCUT2D eigenvalue weighted by Crippen LogP contribution is 2.61. The van der Waals surface area contributed by atoms with Gasteiger partial charge in [-0.15, -0.1) is 11.3 Å². The van der Waals surface area contributed by atoms with Crippen LogP contribution in [0.25, 0.3) is 87.7 Å². The molecule has 12 rings (SSSR count). The Morgan fingerprint density at radius 3 is 1.41 bits per heavy atom. The summed E-state index contributed by atoms with van der Waals surface area (Å²) >= 11 is 1.81. The van der Waals surface area contributed by atoms with Crippen molar-refractivity contribution in [3.05, 3.63) is 210 Å². The first kappa shape index (κ1) is 31.4. The van der Waals surface area contributed by atoms with Gasteiger partial charge in [0.25, 0.3) is 0 Å². The molecule has 0 atom stereocenters. The second-order valence-corrected chi connectivity index (χ2v) is 15.8. The van der Waals surface area contributed by atoms with Crippen molar-refractivity contribution in [2.75, 3.05) is 0 Å². The molecule has 0 radical (unpaired) electrons. The standard InChI is InChI=1S/C52H31N3S/c1-2-14-32(15-3-1)49-53-50(55-51(54-49)34-26-28-41-40-21-9-13-25-47(40)56-48(41)31-34)33-27-29-46-42(30-33)36-17-5-4-16-35(36)37-18-6-10-22-43(37)52(46)44-23-11-7-19-38(44)39-20-8-12-24-45(39)52/h1-31H. The van der Waals surface area contributed by atoms with Crippen LogP contribution in [0, 0.1) is 0 Å². The average molecular weight is 730 g/mol. The number of rotatable bonds is 3. The number of benzene rings is 8. The molecule has 3 nitrogen and oxygen atoms in total. The van der Waals surface area contributed by atoms with Gasteiger partial charge in [-0.25, -0.2) is 15.0 Å². The van der Waals surface area contributed by atoms with Gasteiger partial charge in [-0.05, 0) is 73.8 Å². The monoisotopic (exact) mass is 729 g/mol. The number of aromatic nitrogens is 3. The summed E-state index contributed by atoms with van der Waals surface area (Å²) in [6, 6.07) is 68.1. The lowest BCUT2D eigenvalue weighted by molar-refractivity contribution is 0.775. The van der Waals surface area contributed by atoms with Gasteiger partial charge >= 0.3 is 0 Å². The zero-order chi connectivity index (χ0) is 36.8. The van der Waals surface area contributed by atoms with Crippen LogP contribution >= 0.6 is 11.3 Å². The van der Waals surface area contributed by atoms with Crippen molar-refractivity contribution in [1.82, 2.24) is 15.0 Å². The fourth-order valence-corrected chi connectivity index (χ4v) is 10.6. The molecule has 0 N–H and O–H groups in total. The van der Waals surface area contributed by atoms with Gasteiger partial charge in [0, 0.05) is 36.9 Å². The van der Waals surface area contributed by atoms with Crippen molar-refractivity contribution in [1.29, 1.82) is 0 Å². The van der Waals surface area contributed by atoms with E-state index in [0.717, 1.165) is 16.7 Å².